The average molecular weight is 270 g/mol. The minimum atomic E-state index is -3.78. The van der Waals surface area contributed by atoms with E-state index in [-0.39, 0.29) is 10.6 Å². The molecule has 0 saturated heterocycles. The summed E-state index contributed by atoms with van der Waals surface area (Å²) >= 11 is 0. The quantitative estimate of drug-likeness (QED) is 0.658. The molecule has 6 heteroatoms. The van der Waals surface area contributed by atoms with Gasteiger partial charge in [-0.05, 0) is 31.5 Å². The highest BCUT2D eigenvalue weighted by Gasteiger charge is 2.28. The van der Waals surface area contributed by atoms with Crippen LogP contribution in [0.15, 0.2) is 34.7 Å². The van der Waals surface area contributed by atoms with Crippen molar-refractivity contribution in [1.29, 1.82) is 0 Å². The van der Waals surface area contributed by atoms with Gasteiger partial charge in [-0.25, -0.2) is 12.8 Å². The zero-order chi connectivity index (χ0) is 13.3. The zero-order valence-electron chi connectivity index (χ0n) is 10.1. The van der Waals surface area contributed by atoms with E-state index in [0.29, 0.717) is 19.5 Å². The van der Waals surface area contributed by atoms with Crippen molar-refractivity contribution in [2.24, 2.45) is 0 Å². The van der Waals surface area contributed by atoms with Gasteiger partial charge in [-0.2, -0.15) is 4.31 Å². The van der Waals surface area contributed by atoms with Crippen molar-refractivity contribution in [1.82, 2.24) is 4.31 Å². The fourth-order valence-electron chi connectivity index (χ4n) is 1.95. The monoisotopic (exact) mass is 270 g/mol. The molecule has 0 saturated carbocycles. The van der Waals surface area contributed by atoms with E-state index in [1.807, 2.05) is 13.0 Å². The lowest BCUT2D eigenvalue weighted by Crippen LogP contribution is -2.35. The molecule has 0 atom stereocenters. The Kier molecular flexibility index (Phi) is 3.41. The summed E-state index contributed by atoms with van der Waals surface area (Å²) in [6.07, 6.45) is 2.65. The molecule has 0 aromatic heterocycles. The highest BCUT2D eigenvalue weighted by molar-refractivity contribution is 7.89. The van der Waals surface area contributed by atoms with Gasteiger partial charge >= 0.3 is 0 Å². The molecule has 1 heterocycles. The first-order chi connectivity index (χ1) is 8.41. The second kappa shape index (κ2) is 4.70. The summed E-state index contributed by atoms with van der Waals surface area (Å²) < 4.78 is 39.6. The molecule has 0 spiro atoms. The molecule has 0 aliphatic carbocycles. The van der Waals surface area contributed by atoms with Crippen molar-refractivity contribution >= 4 is 15.7 Å². The lowest BCUT2D eigenvalue weighted by molar-refractivity contribution is 0.423. The smallest absolute Gasteiger partial charge is 0.246 e. The standard InChI is InChI=1S/C12H15FN2O2S/c1-9-3-2-6-15(8-9)18(16,17)12-5-4-10(14)7-11(12)13/h3-5,7H,2,6,8,14H2,1H3. The van der Waals surface area contributed by atoms with Crippen molar-refractivity contribution in [3.05, 3.63) is 35.7 Å². The van der Waals surface area contributed by atoms with E-state index in [1.165, 1.54) is 16.4 Å². The number of sulfonamides is 1. The Morgan fingerprint density at radius 3 is 2.72 bits per heavy atom. The number of halogens is 1. The van der Waals surface area contributed by atoms with Gasteiger partial charge in [-0.1, -0.05) is 11.6 Å². The SMILES string of the molecule is CC1=CCCN(S(=O)(=O)c2ccc(N)cc2F)C1. The van der Waals surface area contributed by atoms with Gasteiger partial charge in [-0.15, -0.1) is 0 Å². The van der Waals surface area contributed by atoms with E-state index in [4.69, 9.17) is 5.73 Å². The molecule has 2 N–H and O–H groups in total. The molecule has 0 bridgehead atoms. The lowest BCUT2D eigenvalue weighted by atomic mass is 10.2. The van der Waals surface area contributed by atoms with Crippen molar-refractivity contribution in [2.75, 3.05) is 18.8 Å². The van der Waals surface area contributed by atoms with E-state index in [2.05, 4.69) is 0 Å². The summed E-state index contributed by atoms with van der Waals surface area (Å²) in [6.45, 7) is 2.55. The highest BCUT2D eigenvalue weighted by atomic mass is 32.2. The van der Waals surface area contributed by atoms with Gasteiger partial charge in [0.1, 0.15) is 10.7 Å². The Labute approximate surface area is 106 Å². The minimum absolute atomic E-state index is 0.209. The molecule has 0 unspecified atom stereocenters. The maximum atomic E-state index is 13.7. The van der Waals surface area contributed by atoms with Crippen molar-refractivity contribution < 1.29 is 12.8 Å². The van der Waals surface area contributed by atoms with Crippen LogP contribution >= 0.6 is 0 Å². The molecule has 1 aromatic carbocycles. The van der Waals surface area contributed by atoms with E-state index in [9.17, 15) is 12.8 Å². The third-order valence-corrected chi connectivity index (χ3v) is 4.75. The molecule has 18 heavy (non-hydrogen) atoms. The first-order valence-electron chi connectivity index (χ1n) is 5.62. The number of rotatable bonds is 2. The van der Waals surface area contributed by atoms with Crippen LogP contribution in [-0.2, 0) is 10.0 Å². The van der Waals surface area contributed by atoms with Crippen molar-refractivity contribution in [3.8, 4) is 0 Å². The lowest BCUT2D eigenvalue weighted by Gasteiger charge is -2.25. The summed E-state index contributed by atoms with van der Waals surface area (Å²) in [6, 6.07) is 3.63. The van der Waals surface area contributed by atoms with Crippen molar-refractivity contribution in [3.63, 3.8) is 0 Å². The maximum absolute atomic E-state index is 13.7. The topological polar surface area (TPSA) is 63.4 Å². The van der Waals surface area contributed by atoms with Crippen LogP contribution in [0.2, 0.25) is 0 Å². The summed E-state index contributed by atoms with van der Waals surface area (Å²) in [7, 11) is -3.78. The summed E-state index contributed by atoms with van der Waals surface area (Å²) in [4.78, 5) is -0.314. The second-order valence-corrected chi connectivity index (χ2v) is 6.27. The van der Waals surface area contributed by atoms with Crippen LogP contribution in [-0.4, -0.2) is 25.8 Å². The third-order valence-electron chi connectivity index (χ3n) is 2.87. The molecule has 2 rings (SSSR count). The predicted octanol–water partition coefficient (Wildman–Crippen LogP) is 1.75. The summed E-state index contributed by atoms with van der Waals surface area (Å²) in [5.41, 5.74) is 6.60. The molecule has 1 aliphatic heterocycles. The van der Waals surface area contributed by atoms with Gasteiger partial charge in [0.2, 0.25) is 10.0 Å². The highest BCUT2D eigenvalue weighted by Crippen LogP contribution is 2.23. The molecule has 0 amide bonds. The fourth-order valence-corrected chi connectivity index (χ4v) is 3.49. The third kappa shape index (κ3) is 2.39. The van der Waals surface area contributed by atoms with Gasteiger partial charge in [0.05, 0.1) is 0 Å². The Hall–Kier alpha value is -1.40. The average Bonchev–Trinajstić information content (AvgIpc) is 2.28. The molecule has 0 radical (unpaired) electrons. The van der Waals surface area contributed by atoms with Crippen LogP contribution in [0.25, 0.3) is 0 Å². The number of hydrogen-bond donors (Lipinski definition) is 1. The van der Waals surface area contributed by atoms with Gasteiger partial charge in [0.25, 0.3) is 0 Å². The second-order valence-electron chi connectivity index (χ2n) is 4.37. The molecular weight excluding hydrogens is 255 g/mol. The van der Waals surface area contributed by atoms with Gasteiger partial charge < -0.3 is 5.73 Å². The normalized spacial score (nSPS) is 17.6. The Bertz CT molecular complexity index is 596. The molecule has 4 nitrogen and oxygen atoms in total. The van der Waals surface area contributed by atoms with Crippen LogP contribution in [0.3, 0.4) is 0 Å². The summed E-state index contributed by atoms with van der Waals surface area (Å²) in [5.74, 6) is -0.804. The first kappa shape index (κ1) is 13.0. The minimum Gasteiger partial charge on any atom is -0.399 e. The molecule has 1 aliphatic rings. The van der Waals surface area contributed by atoms with Gasteiger partial charge in [-0.3, -0.25) is 0 Å². The zero-order valence-corrected chi connectivity index (χ0v) is 10.9. The summed E-state index contributed by atoms with van der Waals surface area (Å²) in [5, 5.41) is 0. The van der Waals surface area contributed by atoms with Crippen LogP contribution < -0.4 is 5.73 Å². The Morgan fingerprint density at radius 1 is 1.39 bits per heavy atom. The Balaban J connectivity index is 2.39. The molecule has 0 fully saturated rings. The van der Waals surface area contributed by atoms with E-state index in [1.54, 1.807) is 0 Å². The number of nitrogen functional groups attached to an aromatic ring is 1. The first-order valence-corrected chi connectivity index (χ1v) is 7.06. The fraction of sp³-hybridized carbons (Fsp3) is 0.333. The largest absolute Gasteiger partial charge is 0.399 e. The predicted molar refractivity (Wildman–Crippen MR) is 67.9 cm³/mol. The van der Waals surface area contributed by atoms with Crippen LogP contribution in [0.1, 0.15) is 13.3 Å². The van der Waals surface area contributed by atoms with Crippen molar-refractivity contribution in [2.45, 2.75) is 18.2 Å². The number of nitrogens with zero attached hydrogens (tertiary/aromatic N) is 1. The van der Waals surface area contributed by atoms with Crippen LogP contribution in [0, 0.1) is 5.82 Å². The number of nitrogens with two attached hydrogens (primary N) is 1. The number of anilines is 1. The number of hydrogen-bond acceptors (Lipinski definition) is 3. The maximum Gasteiger partial charge on any atom is 0.246 e. The molecule has 98 valence electrons. The van der Waals surface area contributed by atoms with Gasteiger partial charge in [0, 0.05) is 18.8 Å². The number of benzene rings is 1. The van der Waals surface area contributed by atoms with E-state index < -0.39 is 15.8 Å². The van der Waals surface area contributed by atoms with E-state index in [0.717, 1.165) is 11.6 Å². The Morgan fingerprint density at radius 2 is 2.11 bits per heavy atom. The van der Waals surface area contributed by atoms with Gasteiger partial charge in [0.15, 0.2) is 0 Å². The van der Waals surface area contributed by atoms with Crippen LogP contribution in [0.4, 0.5) is 10.1 Å². The van der Waals surface area contributed by atoms with E-state index >= 15 is 0 Å². The molecule has 1 aromatic rings. The molecular formula is C12H15FN2O2S. The van der Waals surface area contributed by atoms with Crippen LogP contribution in [0.5, 0.6) is 0 Å².